The van der Waals surface area contributed by atoms with Crippen molar-refractivity contribution in [3.05, 3.63) is 52.2 Å². The highest BCUT2D eigenvalue weighted by molar-refractivity contribution is 5.88. The van der Waals surface area contributed by atoms with E-state index >= 15 is 0 Å². The lowest BCUT2D eigenvalue weighted by molar-refractivity contribution is -0.384. The molecule has 9 heteroatoms. The molecule has 0 fully saturated rings. The number of rotatable bonds is 3. The quantitative estimate of drug-likeness (QED) is 0.570. The van der Waals surface area contributed by atoms with E-state index in [-0.39, 0.29) is 11.4 Å². The molecule has 0 aliphatic rings. The van der Waals surface area contributed by atoms with E-state index in [1.165, 1.54) is 4.68 Å². The van der Waals surface area contributed by atoms with Crippen LogP contribution in [0.1, 0.15) is 10.4 Å². The lowest BCUT2D eigenvalue weighted by Gasteiger charge is -2.03. The zero-order valence-electron chi connectivity index (χ0n) is 10.4. The van der Waals surface area contributed by atoms with Crippen molar-refractivity contribution in [1.82, 2.24) is 20.0 Å². The molecule has 3 rings (SSSR count). The first-order valence-corrected chi connectivity index (χ1v) is 5.76. The molecule has 0 amide bonds. The van der Waals surface area contributed by atoms with E-state index in [1.807, 2.05) is 0 Å². The topological polar surface area (TPSA) is 124 Å². The van der Waals surface area contributed by atoms with E-state index in [1.54, 1.807) is 24.3 Å². The van der Waals surface area contributed by atoms with Crippen LogP contribution in [-0.2, 0) is 0 Å². The Hall–Kier alpha value is -3.36. The predicted octanol–water partition coefficient (Wildman–Crippen LogP) is 1.42. The summed E-state index contributed by atoms with van der Waals surface area (Å²) in [6.07, 6.45) is 1.04. The van der Waals surface area contributed by atoms with Crippen molar-refractivity contribution >= 4 is 22.7 Å². The van der Waals surface area contributed by atoms with E-state index in [9.17, 15) is 14.9 Å². The number of fused-ring (bicyclic) bond motifs is 1. The lowest BCUT2D eigenvalue weighted by atomic mass is 10.2. The van der Waals surface area contributed by atoms with E-state index in [0.29, 0.717) is 11.0 Å². The van der Waals surface area contributed by atoms with Crippen LogP contribution in [0.4, 0.5) is 5.69 Å². The van der Waals surface area contributed by atoms with Gasteiger partial charge in [0.1, 0.15) is 5.52 Å². The minimum Gasteiger partial charge on any atom is -0.478 e. The maximum atomic E-state index is 11.1. The van der Waals surface area contributed by atoms with Crippen LogP contribution in [0.5, 0.6) is 0 Å². The van der Waals surface area contributed by atoms with Crippen LogP contribution >= 0.6 is 0 Å². The molecule has 0 aliphatic heterocycles. The number of nitro groups is 1. The summed E-state index contributed by atoms with van der Waals surface area (Å²) in [5, 5.41) is 27.7. The largest absolute Gasteiger partial charge is 0.478 e. The van der Waals surface area contributed by atoms with E-state index in [2.05, 4.69) is 15.3 Å². The van der Waals surface area contributed by atoms with Crippen molar-refractivity contribution in [2.45, 2.75) is 0 Å². The third-order valence-corrected chi connectivity index (χ3v) is 2.84. The summed E-state index contributed by atoms with van der Waals surface area (Å²) >= 11 is 0. The molecule has 3 aromatic rings. The molecule has 0 spiro atoms. The normalized spacial score (nSPS) is 10.7. The number of aromatic carboxylic acids is 1. The molecule has 1 aromatic carbocycles. The lowest BCUT2D eigenvalue weighted by Crippen LogP contribution is -2.07. The molecule has 2 aromatic heterocycles. The Morgan fingerprint density at radius 1 is 1.33 bits per heavy atom. The summed E-state index contributed by atoms with van der Waals surface area (Å²) < 4.78 is 1.21. The number of para-hydroxylation sites is 1. The van der Waals surface area contributed by atoms with Gasteiger partial charge in [-0.15, -0.1) is 5.10 Å². The standard InChI is InChI=1S/C12H7N5O4/c18-12(19)7-5-10(17(20)21)11(13-6-7)16-9-4-2-1-3-8(9)14-15-16/h1-6H,(H,18,19). The number of hydrogen-bond donors (Lipinski definition) is 1. The van der Waals surface area contributed by atoms with Gasteiger partial charge < -0.3 is 5.11 Å². The third kappa shape index (κ3) is 2.06. The van der Waals surface area contributed by atoms with Crippen molar-refractivity contribution in [3.63, 3.8) is 0 Å². The highest BCUT2D eigenvalue weighted by Gasteiger charge is 2.22. The van der Waals surface area contributed by atoms with Gasteiger partial charge in [0, 0.05) is 12.3 Å². The second-order valence-corrected chi connectivity index (χ2v) is 4.12. The molecule has 2 heterocycles. The fourth-order valence-electron chi connectivity index (χ4n) is 1.89. The molecular formula is C12H7N5O4. The first-order chi connectivity index (χ1) is 10.1. The molecule has 0 radical (unpaired) electrons. The van der Waals surface area contributed by atoms with E-state index in [4.69, 9.17) is 5.11 Å². The smallest absolute Gasteiger partial charge is 0.337 e. The maximum absolute atomic E-state index is 11.1. The first-order valence-electron chi connectivity index (χ1n) is 5.76. The zero-order chi connectivity index (χ0) is 15.0. The monoisotopic (exact) mass is 285 g/mol. The number of carboxylic acids is 1. The Labute approximate surface area is 116 Å². The van der Waals surface area contributed by atoms with Gasteiger partial charge in [-0.05, 0) is 12.1 Å². The number of carbonyl (C=O) groups is 1. The van der Waals surface area contributed by atoms with Gasteiger partial charge in [-0.25, -0.2) is 9.78 Å². The number of carboxylic acid groups (broad SMARTS) is 1. The number of benzene rings is 1. The fourth-order valence-corrected chi connectivity index (χ4v) is 1.89. The number of nitrogens with zero attached hydrogens (tertiary/aromatic N) is 5. The van der Waals surface area contributed by atoms with Gasteiger partial charge in [0.25, 0.3) is 0 Å². The Balaban J connectivity index is 2.27. The predicted molar refractivity (Wildman–Crippen MR) is 70.3 cm³/mol. The summed E-state index contributed by atoms with van der Waals surface area (Å²) in [6, 6.07) is 7.83. The van der Waals surface area contributed by atoms with Crippen LogP contribution in [0.25, 0.3) is 16.9 Å². The van der Waals surface area contributed by atoms with E-state index in [0.717, 1.165) is 12.3 Å². The molecule has 21 heavy (non-hydrogen) atoms. The van der Waals surface area contributed by atoms with Crippen LogP contribution in [-0.4, -0.2) is 36.0 Å². The Kier molecular flexibility index (Phi) is 2.79. The van der Waals surface area contributed by atoms with Gasteiger partial charge in [0.2, 0.25) is 5.82 Å². The average molecular weight is 285 g/mol. The van der Waals surface area contributed by atoms with Crippen molar-refractivity contribution in [2.75, 3.05) is 0 Å². The van der Waals surface area contributed by atoms with Crippen LogP contribution in [0.3, 0.4) is 0 Å². The van der Waals surface area contributed by atoms with Crippen molar-refractivity contribution in [2.24, 2.45) is 0 Å². The van der Waals surface area contributed by atoms with Crippen LogP contribution < -0.4 is 0 Å². The van der Waals surface area contributed by atoms with Gasteiger partial charge >= 0.3 is 11.7 Å². The fraction of sp³-hybridized carbons (Fsp3) is 0. The molecule has 0 aliphatic carbocycles. The Morgan fingerprint density at radius 3 is 2.81 bits per heavy atom. The van der Waals surface area contributed by atoms with Crippen molar-refractivity contribution in [3.8, 4) is 5.82 Å². The highest BCUT2D eigenvalue weighted by Crippen LogP contribution is 2.24. The van der Waals surface area contributed by atoms with Gasteiger partial charge in [-0.2, -0.15) is 4.68 Å². The van der Waals surface area contributed by atoms with Crippen molar-refractivity contribution in [1.29, 1.82) is 0 Å². The summed E-state index contributed by atoms with van der Waals surface area (Å²) in [7, 11) is 0. The van der Waals surface area contributed by atoms with Crippen LogP contribution in [0.2, 0.25) is 0 Å². The highest BCUT2D eigenvalue weighted by atomic mass is 16.6. The zero-order valence-corrected chi connectivity index (χ0v) is 10.4. The summed E-state index contributed by atoms with van der Waals surface area (Å²) in [6.45, 7) is 0. The van der Waals surface area contributed by atoms with Crippen molar-refractivity contribution < 1.29 is 14.8 Å². The average Bonchev–Trinajstić information content (AvgIpc) is 2.90. The van der Waals surface area contributed by atoms with Gasteiger partial charge in [-0.3, -0.25) is 10.1 Å². The van der Waals surface area contributed by atoms with Gasteiger partial charge in [-0.1, -0.05) is 17.3 Å². The molecule has 0 bridgehead atoms. The third-order valence-electron chi connectivity index (χ3n) is 2.84. The second-order valence-electron chi connectivity index (χ2n) is 4.12. The minimum absolute atomic E-state index is 0.0845. The van der Waals surface area contributed by atoms with Gasteiger partial charge in [0.05, 0.1) is 16.0 Å². The number of hydrogen-bond acceptors (Lipinski definition) is 6. The van der Waals surface area contributed by atoms with E-state index < -0.39 is 16.6 Å². The number of pyridine rings is 1. The molecule has 0 saturated heterocycles. The number of aromatic nitrogens is 4. The Bertz CT molecular complexity index is 873. The summed E-state index contributed by atoms with van der Waals surface area (Å²) in [5.41, 5.74) is 0.368. The molecular weight excluding hydrogens is 278 g/mol. The molecule has 0 saturated carbocycles. The van der Waals surface area contributed by atoms with Crippen LogP contribution in [0, 0.1) is 10.1 Å². The molecule has 0 atom stereocenters. The van der Waals surface area contributed by atoms with Crippen LogP contribution in [0.15, 0.2) is 36.5 Å². The second kappa shape index (κ2) is 4.63. The molecule has 1 N–H and O–H groups in total. The summed E-state index contributed by atoms with van der Waals surface area (Å²) in [5.74, 6) is -1.38. The van der Waals surface area contributed by atoms with Gasteiger partial charge in [0.15, 0.2) is 0 Å². The molecule has 9 nitrogen and oxygen atoms in total. The SMILES string of the molecule is O=C(O)c1cnc(-n2nnc3ccccc32)c([N+](=O)[O-])c1. The molecule has 0 unspecified atom stereocenters. The molecule has 104 valence electrons. The summed E-state index contributed by atoms with van der Waals surface area (Å²) in [4.78, 5) is 25.2. The minimum atomic E-state index is -1.29. The maximum Gasteiger partial charge on any atom is 0.337 e. The first kappa shape index (κ1) is 12.7. The Morgan fingerprint density at radius 2 is 2.10 bits per heavy atom.